The normalized spacial score (nSPS) is 22.8. The summed E-state index contributed by atoms with van der Waals surface area (Å²) >= 11 is 0. The van der Waals surface area contributed by atoms with Crippen LogP contribution in [0.15, 0.2) is 10.7 Å². The minimum Gasteiger partial charge on any atom is -0.449 e. The summed E-state index contributed by atoms with van der Waals surface area (Å²) in [5.41, 5.74) is 1.00. The zero-order valence-corrected chi connectivity index (χ0v) is 11.9. The maximum atomic E-state index is 5.60. The van der Waals surface area contributed by atoms with Gasteiger partial charge in [-0.25, -0.2) is 4.98 Å². The molecule has 2 atom stereocenters. The van der Waals surface area contributed by atoms with Crippen molar-refractivity contribution in [1.29, 1.82) is 0 Å². The standard InChI is InChI=1S/C14H25N3O/c1-10(2)17-7-5-6-12(17)8-14-16-13(9-18-14)11(3)15-4/h9-12,15H,5-8H2,1-4H3. The van der Waals surface area contributed by atoms with Gasteiger partial charge in [-0.3, -0.25) is 4.90 Å². The number of aromatic nitrogens is 1. The Morgan fingerprint density at radius 3 is 2.94 bits per heavy atom. The van der Waals surface area contributed by atoms with Gasteiger partial charge in [0.15, 0.2) is 5.89 Å². The lowest BCUT2D eigenvalue weighted by atomic mass is 10.1. The van der Waals surface area contributed by atoms with E-state index in [4.69, 9.17) is 4.42 Å². The van der Waals surface area contributed by atoms with Crippen LogP contribution in [0.2, 0.25) is 0 Å². The maximum absolute atomic E-state index is 5.60. The van der Waals surface area contributed by atoms with Gasteiger partial charge in [0.05, 0.1) is 5.69 Å². The lowest BCUT2D eigenvalue weighted by Gasteiger charge is -2.27. The van der Waals surface area contributed by atoms with Gasteiger partial charge < -0.3 is 9.73 Å². The van der Waals surface area contributed by atoms with E-state index in [2.05, 4.69) is 36.0 Å². The van der Waals surface area contributed by atoms with Crippen LogP contribution in [-0.4, -0.2) is 35.6 Å². The summed E-state index contributed by atoms with van der Waals surface area (Å²) in [4.78, 5) is 7.14. The summed E-state index contributed by atoms with van der Waals surface area (Å²) < 4.78 is 5.60. The van der Waals surface area contributed by atoms with Crippen molar-refractivity contribution in [3.05, 3.63) is 17.8 Å². The quantitative estimate of drug-likeness (QED) is 0.872. The van der Waals surface area contributed by atoms with Gasteiger partial charge >= 0.3 is 0 Å². The Bertz CT molecular complexity index is 375. The molecular weight excluding hydrogens is 226 g/mol. The number of hydrogen-bond acceptors (Lipinski definition) is 4. The molecule has 2 heterocycles. The monoisotopic (exact) mass is 251 g/mol. The zero-order chi connectivity index (χ0) is 13.1. The molecule has 2 rings (SSSR count). The van der Waals surface area contributed by atoms with Crippen molar-refractivity contribution in [1.82, 2.24) is 15.2 Å². The molecule has 0 amide bonds. The second-order valence-electron chi connectivity index (χ2n) is 5.51. The van der Waals surface area contributed by atoms with Crippen molar-refractivity contribution in [2.75, 3.05) is 13.6 Å². The molecule has 102 valence electrons. The second-order valence-corrected chi connectivity index (χ2v) is 5.51. The predicted molar refractivity (Wildman–Crippen MR) is 72.5 cm³/mol. The van der Waals surface area contributed by atoms with Gasteiger partial charge in [0.2, 0.25) is 0 Å². The highest BCUT2D eigenvalue weighted by molar-refractivity contribution is 5.03. The van der Waals surface area contributed by atoms with Crippen LogP contribution in [0, 0.1) is 0 Å². The Balaban J connectivity index is 1.98. The fourth-order valence-corrected chi connectivity index (χ4v) is 2.72. The first-order valence-electron chi connectivity index (χ1n) is 6.99. The van der Waals surface area contributed by atoms with Gasteiger partial charge in [-0.1, -0.05) is 0 Å². The molecule has 2 unspecified atom stereocenters. The van der Waals surface area contributed by atoms with E-state index in [1.54, 1.807) is 6.26 Å². The summed E-state index contributed by atoms with van der Waals surface area (Å²) in [6, 6.07) is 1.47. The molecule has 1 saturated heterocycles. The van der Waals surface area contributed by atoms with Gasteiger partial charge in [0.1, 0.15) is 6.26 Å². The highest BCUT2D eigenvalue weighted by Gasteiger charge is 2.28. The minimum atomic E-state index is 0.257. The minimum absolute atomic E-state index is 0.257. The van der Waals surface area contributed by atoms with Crippen LogP contribution in [-0.2, 0) is 6.42 Å². The van der Waals surface area contributed by atoms with E-state index in [0.29, 0.717) is 12.1 Å². The molecule has 0 aromatic carbocycles. The van der Waals surface area contributed by atoms with E-state index in [0.717, 1.165) is 18.0 Å². The Labute approximate surface area is 110 Å². The van der Waals surface area contributed by atoms with Gasteiger partial charge in [-0.15, -0.1) is 0 Å². The SMILES string of the molecule is CNC(C)c1coc(CC2CCCN2C(C)C)n1. The van der Waals surface area contributed by atoms with E-state index in [-0.39, 0.29) is 6.04 Å². The highest BCUT2D eigenvalue weighted by Crippen LogP contribution is 2.23. The predicted octanol–water partition coefficient (Wildman–Crippen LogP) is 2.37. The molecule has 0 bridgehead atoms. The van der Waals surface area contributed by atoms with Crippen molar-refractivity contribution in [2.45, 2.75) is 58.2 Å². The van der Waals surface area contributed by atoms with Crippen molar-refractivity contribution in [3.8, 4) is 0 Å². The third kappa shape index (κ3) is 2.93. The smallest absolute Gasteiger partial charge is 0.195 e. The summed E-state index contributed by atoms with van der Waals surface area (Å²) in [5, 5.41) is 3.18. The first kappa shape index (κ1) is 13.6. The van der Waals surface area contributed by atoms with Crippen molar-refractivity contribution in [2.24, 2.45) is 0 Å². The van der Waals surface area contributed by atoms with Crippen LogP contribution < -0.4 is 5.32 Å². The third-order valence-corrected chi connectivity index (χ3v) is 3.94. The molecule has 4 nitrogen and oxygen atoms in total. The molecule has 0 aliphatic carbocycles. The number of likely N-dealkylation sites (tertiary alicyclic amines) is 1. The van der Waals surface area contributed by atoms with Gasteiger partial charge in [0, 0.05) is 24.5 Å². The van der Waals surface area contributed by atoms with Crippen LogP contribution in [0.5, 0.6) is 0 Å². The molecule has 1 aromatic heterocycles. The van der Waals surface area contributed by atoms with E-state index in [9.17, 15) is 0 Å². The van der Waals surface area contributed by atoms with E-state index < -0.39 is 0 Å². The lowest BCUT2D eigenvalue weighted by Crippen LogP contribution is -2.36. The first-order valence-corrected chi connectivity index (χ1v) is 6.99. The molecule has 1 aliphatic rings. The Morgan fingerprint density at radius 2 is 2.28 bits per heavy atom. The fraction of sp³-hybridized carbons (Fsp3) is 0.786. The van der Waals surface area contributed by atoms with Gasteiger partial charge in [-0.2, -0.15) is 0 Å². The molecule has 0 spiro atoms. The Morgan fingerprint density at radius 1 is 1.50 bits per heavy atom. The zero-order valence-electron chi connectivity index (χ0n) is 11.9. The number of hydrogen-bond donors (Lipinski definition) is 1. The second kappa shape index (κ2) is 5.85. The van der Waals surface area contributed by atoms with Crippen LogP contribution >= 0.6 is 0 Å². The van der Waals surface area contributed by atoms with E-state index >= 15 is 0 Å². The van der Waals surface area contributed by atoms with Crippen molar-refractivity contribution >= 4 is 0 Å². The fourth-order valence-electron chi connectivity index (χ4n) is 2.72. The van der Waals surface area contributed by atoms with Gasteiger partial charge in [0.25, 0.3) is 0 Å². The number of nitrogens with one attached hydrogen (secondary N) is 1. The summed E-state index contributed by atoms with van der Waals surface area (Å²) in [5.74, 6) is 0.879. The average Bonchev–Trinajstić information content (AvgIpc) is 2.97. The molecule has 1 fully saturated rings. The van der Waals surface area contributed by atoms with Crippen LogP contribution in [0.25, 0.3) is 0 Å². The third-order valence-electron chi connectivity index (χ3n) is 3.94. The largest absolute Gasteiger partial charge is 0.449 e. The topological polar surface area (TPSA) is 41.3 Å². The number of oxazole rings is 1. The Kier molecular flexibility index (Phi) is 4.40. The molecule has 1 N–H and O–H groups in total. The van der Waals surface area contributed by atoms with E-state index in [1.165, 1.54) is 19.4 Å². The van der Waals surface area contributed by atoms with Crippen LogP contribution in [0.1, 0.15) is 51.2 Å². The number of nitrogens with zero attached hydrogens (tertiary/aromatic N) is 2. The summed E-state index contributed by atoms with van der Waals surface area (Å²) in [6.45, 7) is 7.84. The van der Waals surface area contributed by atoms with Crippen LogP contribution in [0.3, 0.4) is 0 Å². The molecule has 0 radical (unpaired) electrons. The Hall–Kier alpha value is -0.870. The van der Waals surface area contributed by atoms with Gasteiger partial charge in [-0.05, 0) is 47.2 Å². The molecule has 0 saturated carbocycles. The van der Waals surface area contributed by atoms with Crippen LogP contribution in [0.4, 0.5) is 0 Å². The lowest BCUT2D eigenvalue weighted by molar-refractivity contribution is 0.195. The highest BCUT2D eigenvalue weighted by atomic mass is 16.3. The number of rotatable bonds is 5. The molecule has 4 heteroatoms. The summed E-state index contributed by atoms with van der Waals surface area (Å²) in [7, 11) is 1.94. The molecule has 1 aromatic rings. The first-order chi connectivity index (χ1) is 8.61. The van der Waals surface area contributed by atoms with E-state index in [1.807, 2.05) is 7.05 Å². The van der Waals surface area contributed by atoms with Crippen molar-refractivity contribution in [3.63, 3.8) is 0 Å². The molecular formula is C14H25N3O. The average molecular weight is 251 g/mol. The molecule has 18 heavy (non-hydrogen) atoms. The van der Waals surface area contributed by atoms with Crippen molar-refractivity contribution < 1.29 is 4.42 Å². The molecule has 1 aliphatic heterocycles. The maximum Gasteiger partial charge on any atom is 0.195 e. The summed E-state index contributed by atoms with van der Waals surface area (Å²) in [6.07, 6.45) is 5.28.